The Kier molecular flexibility index (Phi) is 6.17. The predicted molar refractivity (Wildman–Crippen MR) is 112 cm³/mol. The summed E-state index contributed by atoms with van der Waals surface area (Å²) in [6.45, 7) is 1.82. The molecule has 0 unspecified atom stereocenters. The average Bonchev–Trinajstić information content (AvgIpc) is 3.40. The summed E-state index contributed by atoms with van der Waals surface area (Å²) in [6.07, 6.45) is 2.34. The molecule has 0 bridgehead atoms. The maximum atomic E-state index is 13.4. The van der Waals surface area contributed by atoms with Crippen molar-refractivity contribution in [3.63, 3.8) is 0 Å². The van der Waals surface area contributed by atoms with Gasteiger partial charge in [0.1, 0.15) is 18.2 Å². The molecule has 1 N–H and O–H groups in total. The number of benzene rings is 2. The number of nitrogens with zero attached hydrogens (tertiary/aromatic N) is 2. The smallest absolute Gasteiger partial charge is 0.230 e. The third-order valence-electron chi connectivity index (χ3n) is 5.08. The van der Waals surface area contributed by atoms with Gasteiger partial charge in [-0.15, -0.1) is 11.3 Å². The van der Waals surface area contributed by atoms with Crippen LogP contribution in [0, 0.1) is 11.7 Å². The number of para-hydroxylation sites is 1. The largest absolute Gasteiger partial charge is 0.492 e. The van der Waals surface area contributed by atoms with Crippen LogP contribution < -0.4 is 10.1 Å². The first-order valence-electron chi connectivity index (χ1n) is 9.57. The number of hydrogen-bond donors (Lipinski definition) is 1. The van der Waals surface area contributed by atoms with Crippen LogP contribution in [-0.2, 0) is 4.79 Å². The van der Waals surface area contributed by atoms with Gasteiger partial charge in [-0.2, -0.15) is 0 Å². The number of hydrogen-bond acceptors (Lipinski definition) is 5. The summed E-state index contributed by atoms with van der Waals surface area (Å²) >= 11 is 1.40. The van der Waals surface area contributed by atoms with E-state index < -0.39 is 0 Å². The Morgan fingerprint density at radius 3 is 2.72 bits per heavy atom. The molecule has 0 saturated carbocycles. The number of amides is 1. The van der Waals surface area contributed by atoms with Crippen molar-refractivity contribution in [1.82, 2.24) is 9.88 Å². The second-order valence-electron chi connectivity index (χ2n) is 6.98. The van der Waals surface area contributed by atoms with Gasteiger partial charge in [0, 0.05) is 30.7 Å². The Hall–Kier alpha value is -2.77. The molecule has 1 amide bonds. The van der Waals surface area contributed by atoms with Gasteiger partial charge in [-0.3, -0.25) is 9.69 Å². The molecular weight excluding hydrogens is 389 g/mol. The minimum Gasteiger partial charge on any atom is -0.492 e. The highest BCUT2D eigenvalue weighted by atomic mass is 32.1. The van der Waals surface area contributed by atoms with Gasteiger partial charge in [0.15, 0.2) is 5.13 Å². The van der Waals surface area contributed by atoms with Gasteiger partial charge in [-0.05, 0) is 36.2 Å². The highest BCUT2D eigenvalue weighted by Crippen LogP contribution is 2.36. The topological polar surface area (TPSA) is 54.5 Å². The number of rotatable bonds is 7. The lowest BCUT2D eigenvalue weighted by Crippen LogP contribution is -2.31. The Bertz CT molecular complexity index is 919. The molecule has 0 aliphatic carbocycles. The molecule has 0 radical (unpaired) electrons. The molecule has 7 heteroatoms. The van der Waals surface area contributed by atoms with E-state index in [2.05, 4.69) is 15.2 Å². The Morgan fingerprint density at radius 2 is 2.00 bits per heavy atom. The van der Waals surface area contributed by atoms with E-state index in [-0.39, 0.29) is 23.7 Å². The fraction of sp³-hybridized carbons (Fsp3) is 0.273. The van der Waals surface area contributed by atoms with E-state index in [0.717, 1.165) is 11.3 Å². The van der Waals surface area contributed by atoms with E-state index in [1.165, 1.54) is 23.5 Å². The second kappa shape index (κ2) is 9.15. The molecule has 5 nitrogen and oxygen atoms in total. The molecule has 2 heterocycles. The molecule has 1 saturated heterocycles. The molecule has 2 aromatic carbocycles. The Morgan fingerprint density at radius 1 is 1.21 bits per heavy atom. The second-order valence-corrected chi connectivity index (χ2v) is 7.88. The first-order chi connectivity index (χ1) is 14.2. The van der Waals surface area contributed by atoms with Crippen LogP contribution in [0.1, 0.15) is 18.0 Å². The van der Waals surface area contributed by atoms with Crippen LogP contribution in [-0.4, -0.2) is 35.5 Å². The number of carbonyl (C=O) groups is 1. The van der Waals surface area contributed by atoms with Crippen molar-refractivity contribution in [3.8, 4) is 5.75 Å². The number of aromatic nitrogens is 1. The van der Waals surface area contributed by atoms with E-state index in [9.17, 15) is 9.18 Å². The zero-order valence-corrected chi connectivity index (χ0v) is 16.6. The first-order valence-corrected chi connectivity index (χ1v) is 10.4. The number of halogens is 1. The van der Waals surface area contributed by atoms with E-state index in [1.807, 2.05) is 35.7 Å². The molecule has 1 fully saturated rings. The lowest BCUT2D eigenvalue weighted by Gasteiger charge is -2.24. The van der Waals surface area contributed by atoms with E-state index in [1.54, 1.807) is 18.3 Å². The predicted octanol–water partition coefficient (Wildman–Crippen LogP) is 4.36. The van der Waals surface area contributed by atoms with Gasteiger partial charge in [0.25, 0.3) is 0 Å². The monoisotopic (exact) mass is 411 g/mol. The summed E-state index contributed by atoms with van der Waals surface area (Å²) < 4.78 is 19.2. The normalized spacial score (nSPS) is 19.2. The highest BCUT2D eigenvalue weighted by molar-refractivity contribution is 7.13. The molecular formula is C22H22FN3O2S. The van der Waals surface area contributed by atoms with Gasteiger partial charge in [-0.25, -0.2) is 9.37 Å². The van der Waals surface area contributed by atoms with E-state index in [0.29, 0.717) is 31.2 Å². The Balaban J connectivity index is 1.43. The minimum absolute atomic E-state index is 0.0291. The number of carbonyl (C=O) groups excluding carboxylic acids is 1. The maximum Gasteiger partial charge on any atom is 0.230 e. The van der Waals surface area contributed by atoms with Gasteiger partial charge in [-0.1, -0.05) is 30.3 Å². The molecule has 3 aromatic rings. The zero-order chi connectivity index (χ0) is 20.1. The summed E-state index contributed by atoms with van der Waals surface area (Å²) in [5, 5.41) is 5.34. The molecule has 1 aliphatic heterocycles. The van der Waals surface area contributed by atoms with Gasteiger partial charge < -0.3 is 10.1 Å². The third-order valence-corrected chi connectivity index (χ3v) is 5.77. The number of likely N-dealkylation sites (tertiary alicyclic amines) is 1. The van der Waals surface area contributed by atoms with Gasteiger partial charge >= 0.3 is 0 Å². The quantitative estimate of drug-likeness (QED) is 0.628. The summed E-state index contributed by atoms with van der Waals surface area (Å²) in [6, 6.07) is 16.2. The maximum absolute atomic E-state index is 13.4. The van der Waals surface area contributed by atoms with Crippen molar-refractivity contribution in [2.75, 3.05) is 25.0 Å². The zero-order valence-electron chi connectivity index (χ0n) is 15.8. The van der Waals surface area contributed by atoms with Crippen molar-refractivity contribution in [1.29, 1.82) is 0 Å². The standard InChI is InChI=1S/C22H22FN3O2S/c23-18-8-6-16(7-9-18)20-14-17(21(27)25-22-24-10-13-29-22)15-26(20)11-12-28-19-4-2-1-3-5-19/h1-10,13,17,20H,11-12,14-15H2,(H,24,25,27)/t17-,20+/m1/s1. The van der Waals surface area contributed by atoms with Crippen molar-refractivity contribution in [3.05, 3.63) is 77.6 Å². The molecule has 1 aromatic heterocycles. The van der Waals surface area contributed by atoms with Crippen LogP contribution in [0.2, 0.25) is 0 Å². The number of ether oxygens (including phenoxy) is 1. The highest BCUT2D eigenvalue weighted by Gasteiger charge is 2.37. The Labute approximate surface area is 173 Å². The SMILES string of the molecule is O=C(Nc1nccs1)[C@@H]1C[C@@H](c2ccc(F)cc2)N(CCOc2ccccc2)C1. The number of thiazole rings is 1. The van der Waals surface area contributed by atoms with Crippen molar-refractivity contribution in [2.45, 2.75) is 12.5 Å². The van der Waals surface area contributed by atoms with Crippen LogP contribution in [0.25, 0.3) is 0 Å². The van der Waals surface area contributed by atoms with Crippen molar-refractivity contribution in [2.24, 2.45) is 5.92 Å². The molecule has 29 heavy (non-hydrogen) atoms. The van der Waals surface area contributed by atoms with Crippen LogP contribution in [0.4, 0.5) is 9.52 Å². The van der Waals surface area contributed by atoms with Gasteiger partial charge in [0.2, 0.25) is 5.91 Å². The van der Waals surface area contributed by atoms with E-state index in [4.69, 9.17) is 4.74 Å². The van der Waals surface area contributed by atoms with Crippen LogP contribution in [0.15, 0.2) is 66.2 Å². The summed E-state index contributed by atoms with van der Waals surface area (Å²) in [5.74, 6) is 0.371. The lowest BCUT2D eigenvalue weighted by molar-refractivity contribution is -0.119. The van der Waals surface area contributed by atoms with Gasteiger partial charge in [0.05, 0.1) is 5.92 Å². The van der Waals surface area contributed by atoms with Crippen LogP contribution >= 0.6 is 11.3 Å². The van der Waals surface area contributed by atoms with Crippen LogP contribution in [0.5, 0.6) is 5.75 Å². The van der Waals surface area contributed by atoms with E-state index >= 15 is 0 Å². The molecule has 150 valence electrons. The number of anilines is 1. The summed E-state index contributed by atoms with van der Waals surface area (Å²) in [5.41, 5.74) is 1.01. The first kappa shape index (κ1) is 19.5. The fourth-order valence-corrected chi connectivity index (χ4v) is 4.19. The lowest BCUT2D eigenvalue weighted by atomic mass is 9.99. The molecule has 2 atom stereocenters. The van der Waals surface area contributed by atoms with Crippen LogP contribution in [0.3, 0.4) is 0 Å². The van der Waals surface area contributed by atoms with Crippen molar-refractivity contribution < 1.29 is 13.9 Å². The fourth-order valence-electron chi connectivity index (χ4n) is 3.66. The third kappa shape index (κ3) is 4.99. The summed E-state index contributed by atoms with van der Waals surface area (Å²) in [7, 11) is 0. The molecule has 1 aliphatic rings. The number of nitrogens with one attached hydrogen (secondary N) is 1. The average molecular weight is 412 g/mol. The molecule has 4 rings (SSSR count). The van der Waals surface area contributed by atoms with Crippen molar-refractivity contribution >= 4 is 22.4 Å². The molecule has 0 spiro atoms. The minimum atomic E-state index is -0.260. The summed E-state index contributed by atoms with van der Waals surface area (Å²) in [4.78, 5) is 19.1.